The highest BCUT2D eigenvalue weighted by atomic mass is 16.5. The zero-order valence-electron chi connectivity index (χ0n) is 41.3. The predicted molar refractivity (Wildman–Crippen MR) is 269 cm³/mol. The SMILES string of the molecule is CC/C=C/C/C=C/C/C=C/CCCCCCC(CC(=O)NC(CO)C(O)CCCCCCCCCCCCCCCC)OC(=O)CCCCCCCCC/C=C\CCCCCC. The minimum Gasteiger partial charge on any atom is -0.462 e. The summed E-state index contributed by atoms with van der Waals surface area (Å²) in [4.78, 5) is 26.2. The summed E-state index contributed by atoms with van der Waals surface area (Å²) in [6.45, 7) is 6.37. The first-order chi connectivity index (χ1) is 30.5. The molecule has 0 aliphatic carbocycles. The molecule has 0 spiro atoms. The lowest BCUT2D eigenvalue weighted by Gasteiger charge is -2.24. The summed E-state index contributed by atoms with van der Waals surface area (Å²) in [5.41, 5.74) is 0. The van der Waals surface area contributed by atoms with Crippen molar-refractivity contribution in [1.29, 1.82) is 0 Å². The Morgan fingerprint density at radius 1 is 0.484 bits per heavy atom. The van der Waals surface area contributed by atoms with Crippen molar-refractivity contribution < 1.29 is 24.5 Å². The number of carbonyl (C=O) groups excluding carboxylic acids is 2. The van der Waals surface area contributed by atoms with Gasteiger partial charge in [-0.05, 0) is 83.5 Å². The van der Waals surface area contributed by atoms with Gasteiger partial charge in [0.1, 0.15) is 6.10 Å². The molecule has 0 saturated carbocycles. The molecule has 3 N–H and O–H groups in total. The summed E-state index contributed by atoms with van der Waals surface area (Å²) < 4.78 is 5.93. The minimum atomic E-state index is -0.794. The fourth-order valence-corrected chi connectivity index (χ4v) is 8.09. The van der Waals surface area contributed by atoms with E-state index in [9.17, 15) is 19.8 Å². The van der Waals surface area contributed by atoms with E-state index in [4.69, 9.17) is 4.74 Å². The number of aliphatic hydroxyl groups excluding tert-OH is 2. The maximum absolute atomic E-state index is 13.2. The summed E-state index contributed by atoms with van der Waals surface area (Å²) >= 11 is 0. The van der Waals surface area contributed by atoms with Gasteiger partial charge >= 0.3 is 5.97 Å². The second-order valence-electron chi connectivity index (χ2n) is 18.2. The van der Waals surface area contributed by atoms with Crippen LogP contribution < -0.4 is 5.32 Å². The number of hydrogen-bond donors (Lipinski definition) is 3. The van der Waals surface area contributed by atoms with Gasteiger partial charge in [-0.3, -0.25) is 9.59 Å². The average molecular weight is 870 g/mol. The molecular formula is C56H103NO5. The Morgan fingerprint density at radius 2 is 0.871 bits per heavy atom. The van der Waals surface area contributed by atoms with Crippen molar-refractivity contribution in [3.8, 4) is 0 Å². The van der Waals surface area contributed by atoms with Crippen molar-refractivity contribution in [3.05, 3.63) is 48.6 Å². The first-order valence-electron chi connectivity index (χ1n) is 26.9. The number of aliphatic hydroxyl groups is 2. The van der Waals surface area contributed by atoms with Gasteiger partial charge in [-0.15, -0.1) is 0 Å². The maximum atomic E-state index is 13.2. The molecule has 0 aliphatic rings. The van der Waals surface area contributed by atoms with Crippen LogP contribution >= 0.6 is 0 Å². The molecule has 0 fully saturated rings. The Bertz CT molecular complexity index is 1070. The zero-order valence-corrected chi connectivity index (χ0v) is 41.3. The summed E-state index contributed by atoms with van der Waals surface area (Å²) in [6, 6.07) is -0.709. The molecule has 0 aliphatic heterocycles. The van der Waals surface area contributed by atoms with Crippen molar-refractivity contribution in [3.63, 3.8) is 0 Å². The summed E-state index contributed by atoms with van der Waals surface area (Å²) in [5.74, 6) is -0.494. The second kappa shape index (κ2) is 49.8. The van der Waals surface area contributed by atoms with Gasteiger partial charge in [0.25, 0.3) is 0 Å². The Balaban J connectivity index is 4.59. The molecule has 62 heavy (non-hydrogen) atoms. The third-order valence-corrected chi connectivity index (χ3v) is 12.1. The van der Waals surface area contributed by atoms with E-state index in [1.165, 1.54) is 135 Å². The average Bonchev–Trinajstić information content (AvgIpc) is 3.26. The normalized spacial score (nSPS) is 13.6. The fraction of sp³-hybridized carbons (Fsp3) is 0.821. The fourth-order valence-electron chi connectivity index (χ4n) is 8.09. The molecule has 1 amide bonds. The van der Waals surface area contributed by atoms with Crippen LogP contribution in [0, 0.1) is 0 Å². The van der Waals surface area contributed by atoms with Crippen LogP contribution in [0.2, 0.25) is 0 Å². The number of hydrogen-bond acceptors (Lipinski definition) is 5. The standard InChI is InChI=1S/C56H103NO5/c1-4-7-10-13-16-19-22-25-28-31-34-37-40-43-46-49-56(61)62-52(47-44-41-38-35-32-29-26-23-20-17-14-11-8-5-2)50-55(60)57-53(51-58)54(59)48-45-42-39-36-33-30-27-24-21-18-15-12-9-6-3/h8,11,17,19-20,22,26,29,52-54,58-59H,4-7,9-10,12-16,18,21,23-25,27-28,30-51H2,1-3H3,(H,57,60)/b11-8+,20-17+,22-19-,29-26+. The first kappa shape index (κ1) is 59.8. The lowest BCUT2D eigenvalue weighted by atomic mass is 10.0. The second-order valence-corrected chi connectivity index (χ2v) is 18.2. The van der Waals surface area contributed by atoms with Crippen molar-refractivity contribution in [1.82, 2.24) is 5.32 Å². The highest BCUT2D eigenvalue weighted by Crippen LogP contribution is 2.18. The number of nitrogens with one attached hydrogen (secondary N) is 1. The zero-order chi connectivity index (χ0) is 45.2. The number of allylic oxidation sites excluding steroid dienone is 8. The van der Waals surface area contributed by atoms with Crippen LogP contribution in [-0.4, -0.2) is 46.9 Å². The Kier molecular flexibility index (Phi) is 48.1. The Morgan fingerprint density at radius 3 is 1.35 bits per heavy atom. The van der Waals surface area contributed by atoms with E-state index in [0.29, 0.717) is 19.3 Å². The molecule has 0 aromatic heterocycles. The van der Waals surface area contributed by atoms with E-state index in [1.807, 2.05) is 0 Å². The highest BCUT2D eigenvalue weighted by Gasteiger charge is 2.24. The van der Waals surface area contributed by atoms with E-state index >= 15 is 0 Å². The summed E-state index contributed by atoms with van der Waals surface area (Å²) in [7, 11) is 0. The van der Waals surface area contributed by atoms with Gasteiger partial charge < -0.3 is 20.3 Å². The third kappa shape index (κ3) is 44.4. The molecule has 6 nitrogen and oxygen atoms in total. The highest BCUT2D eigenvalue weighted by molar-refractivity contribution is 5.77. The molecule has 6 heteroatoms. The molecule has 3 unspecified atom stereocenters. The summed E-state index contributed by atoms with van der Waals surface area (Å²) in [6.07, 6.45) is 60.2. The molecular weight excluding hydrogens is 767 g/mol. The van der Waals surface area contributed by atoms with Crippen LogP contribution in [0.15, 0.2) is 48.6 Å². The van der Waals surface area contributed by atoms with Crippen LogP contribution in [0.4, 0.5) is 0 Å². The monoisotopic (exact) mass is 870 g/mol. The number of ether oxygens (including phenoxy) is 1. The smallest absolute Gasteiger partial charge is 0.306 e. The maximum Gasteiger partial charge on any atom is 0.306 e. The van der Waals surface area contributed by atoms with E-state index < -0.39 is 18.2 Å². The summed E-state index contributed by atoms with van der Waals surface area (Å²) in [5, 5.41) is 23.8. The van der Waals surface area contributed by atoms with Crippen LogP contribution in [0.3, 0.4) is 0 Å². The number of esters is 1. The van der Waals surface area contributed by atoms with Gasteiger partial charge in [0, 0.05) is 6.42 Å². The lowest BCUT2D eigenvalue weighted by molar-refractivity contribution is -0.151. The van der Waals surface area contributed by atoms with Crippen LogP contribution in [-0.2, 0) is 14.3 Å². The molecule has 0 rings (SSSR count). The van der Waals surface area contributed by atoms with Gasteiger partial charge in [-0.25, -0.2) is 0 Å². The number of carbonyl (C=O) groups is 2. The van der Waals surface area contributed by atoms with Crippen LogP contribution in [0.25, 0.3) is 0 Å². The molecule has 0 aromatic carbocycles. The lowest BCUT2D eigenvalue weighted by Crippen LogP contribution is -2.46. The number of unbranched alkanes of at least 4 members (excludes halogenated alkanes) is 28. The Hall–Kier alpha value is -2.18. The van der Waals surface area contributed by atoms with E-state index in [1.54, 1.807) is 0 Å². The molecule has 0 aromatic rings. The van der Waals surface area contributed by atoms with Crippen molar-refractivity contribution >= 4 is 11.9 Å². The van der Waals surface area contributed by atoms with Gasteiger partial charge in [-0.1, -0.05) is 223 Å². The van der Waals surface area contributed by atoms with Gasteiger partial charge in [-0.2, -0.15) is 0 Å². The molecule has 0 bridgehead atoms. The quantitative estimate of drug-likeness (QED) is 0.0322. The van der Waals surface area contributed by atoms with Gasteiger partial charge in [0.05, 0.1) is 25.2 Å². The van der Waals surface area contributed by atoms with E-state index in [2.05, 4.69) is 74.7 Å². The molecule has 0 saturated heterocycles. The molecule has 0 heterocycles. The van der Waals surface area contributed by atoms with Crippen molar-refractivity contribution in [2.24, 2.45) is 0 Å². The minimum absolute atomic E-state index is 0.0619. The largest absolute Gasteiger partial charge is 0.462 e. The Labute approximate surface area is 385 Å². The molecule has 0 radical (unpaired) electrons. The van der Waals surface area contributed by atoms with E-state index in [-0.39, 0.29) is 24.9 Å². The van der Waals surface area contributed by atoms with E-state index in [0.717, 1.165) is 89.9 Å². The molecule has 3 atom stereocenters. The number of rotatable bonds is 48. The predicted octanol–water partition coefficient (Wildman–Crippen LogP) is 16.2. The third-order valence-electron chi connectivity index (χ3n) is 12.1. The van der Waals surface area contributed by atoms with Gasteiger partial charge in [0.15, 0.2) is 0 Å². The van der Waals surface area contributed by atoms with Crippen LogP contribution in [0.5, 0.6) is 0 Å². The topological polar surface area (TPSA) is 95.9 Å². The van der Waals surface area contributed by atoms with Crippen molar-refractivity contribution in [2.45, 2.75) is 289 Å². The first-order valence-corrected chi connectivity index (χ1v) is 26.9. The number of amides is 1. The van der Waals surface area contributed by atoms with Gasteiger partial charge in [0.2, 0.25) is 5.91 Å². The van der Waals surface area contributed by atoms with Crippen molar-refractivity contribution in [2.75, 3.05) is 6.61 Å². The van der Waals surface area contributed by atoms with Crippen LogP contribution in [0.1, 0.15) is 271 Å². The molecule has 362 valence electrons.